The molecule has 0 spiro atoms. The fourth-order valence-corrected chi connectivity index (χ4v) is 2.61. The van der Waals surface area contributed by atoms with E-state index in [0.29, 0.717) is 5.75 Å². The number of urea groups is 1. The molecule has 0 aliphatic rings. The highest BCUT2D eigenvalue weighted by Crippen LogP contribution is 2.26. The van der Waals surface area contributed by atoms with Crippen molar-refractivity contribution in [1.29, 1.82) is 0 Å². The van der Waals surface area contributed by atoms with Crippen molar-refractivity contribution in [3.05, 3.63) is 36.0 Å². The van der Waals surface area contributed by atoms with Crippen molar-refractivity contribution >= 4 is 23.7 Å². The molecule has 8 nitrogen and oxygen atoms in total. The van der Waals surface area contributed by atoms with E-state index >= 15 is 0 Å². The summed E-state index contributed by atoms with van der Waals surface area (Å²) >= 11 is 1.02. The minimum absolute atomic E-state index is 0.0816. The average molecular weight is 396 g/mol. The van der Waals surface area contributed by atoms with Gasteiger partial charge in [-0.2, -0.15) is 0 Å². The summed E-state index contributed by atoms with van der Waals surface area (Å²) in [4.78, 5) is 23.6. The number of ether oxygens (including phenoxy) is 1. The summed E-state index contributed by atoms with van der Waals surface area (Å²) in [5.41, 5.74) is 0. The van der Waals surface area contributed by atoms with Crippen LogP contribution in [0.2, 0.25) is 0 Å². The lowest BCUT2D eigenvalue weighted by Gasteiger charge is -2.12. The lowest BCUT2D eigenvalue weighted by Crippen LogP contribution is -2.45. The minimum atomic E-state index is -0.621. The van der Waals surface area contributed by atoms with Crippen LogP contribution in [-0.4, -0.2) is 33.4 Å². The summed E-state index contributed by atoms with van der Waals surface area (Å²) in [6.07, 6.45) is -0.557. The van der Waals surface area contributed by atoms with Gasteiger partial charge in [0, 0.05) is 6.04 Å². The molecule has 0 bridgehead atoms. The molecule has 0 saturated heterocycles. The van der Waals surface area contributed by atoms with Crippen molar-refractivity contribution in [3.8, 4) is 5.75 Å². The SMILES string of the molecule is CC(C)NC(=O)NC(=O)[C@H](C)Sc1nnc([C@H](C)Oc2ccc(F)cc2)o1. The first-order valence-electron chi connectivity index (χ1n) is 8.28. The number of rotatable bonds is 7. The predicted octanol–water partition coefficient (Wildman–Crippen LogP) is 3.06. The second kappa shape index (κ2) is 9.36. The Balaban J connectivity index is 1.89. The number of nitrogens with one attached hydrogen (secondary N) is 2. The molecule has 0 saturated carbocycles. The Morgan fingerprint density at radius 1 is 1.15 bits per heavy atom. The molecule has 0 aliphatic heterocycles. The first-order valence-corrected chi connectivity index (χ1v) is 9.16. The van der Waals surface area contributed by atoms with Crippen molar-refractivity contribution in [1.82, 2.24) is 20.8 Å². The van der Waals surface area contributed by atoms with Gasteiger partial charge in [-0.3, -0.25) is 10.1 Å². The Bertz CT molecular complexity index is 781. The molecule has 2 N–H and O–H groups in total. The molecular formula is C17H21FN4O4S. The van der Waals surface area contributed by atoms with Crippen LogP contribution < -0.4 is 15.4 Å². The van der Waals surface area contributed by atoms with Crippen molar-refractivity contribution in [2.24, 2.45) is 0 Å². The number of imide groups is 1. The third kappa shape index (κ3) is 6.55. The van der Waals surface area contributed by atoms with Crippen molar-refractivity contribution in [2.75, 3.05) is 0 Å². The third-order valence-electron chi connectivity index (χ3n) is 3.20. The Morgan fingerprint density at radius 3 is 2.44 bits per heavy atom. The molecule has 1 aromatic heterocycles. The molecule has 10 heteroatoms. The highest BCUT2D eigenvalue weighted by atomic mass is 32.2. The van der Waals surface area contributed by atoms with E-state index < -0.39 is 23.3 Å². The maximum atomic E-state index is 12.9. The second-order valence-electron chi connectivity index (χ2n) is 6.00. The molecule has 2 aromatic rings. The summed E-state index contributed by atoms with van der Waals surface area (Å²) in [5, 5.41) is 12.1. The molecule has 146 valence electrons. The molecule has 2 atom stereocenters. The molecule has 0 fully saturated rings. The highest BCUT2D eigenvalue weighted by Gasteiger charge is 2.22. The third-order valence-corrected chi connectivity index (χ3v) is 4.13. The Kier molecular flexibility index (Phi) is 7.17. The van der Waals surface area contributed by atoms with Crippen molar-refractivity contribution < 1.29 is 23.1 Å². The summed E-state index contributed by atoms with van der Waals surface area (Å²) in [7, 11) is 0. The van der Waals surface area contributed by atoms with Crippen LogP contribution in [0.5, 0.6) is 5.75 Å². The van der Waals surface area contributed by atoms with E-state index in [0.717, 1.165) is 11.8 Å². The van der Waals surface area contributed by atoms with Gasteiger partial charge < -0.3 is 14.5 Å². The molecule has 1 aromatic carbocycles. The summed E-state index contributed by atoms with van der Waals surface area (Å²) in [5.74, 6) is -0.165. The Labute approximate surface area is 160 Å². The van der Waals surface area contributed by atoms with Crippen LogP contribution in [0.3, 0.4) is 0 Å². The number of hydrogen-bond donors (Lipinski definition) is 2. The molecular weight excluding hydrogens is 375 g/mol. The van der Waals surface area contributed by atoms with Crippen LogP contribution in [-0.2, 0) is 4.79 Å². The predicted molar refractivity (Wildman–Crippen MR) is 96.9 cm³/mol. The molecule has 0 unspecified atom stereocenters. The van der Waals surface area contributed by atoms with Gasteiger partial charge in [0.2, 0.25) is 5.91 Å². The number of benzene rings is 1. The minimum Gasteiger partial charge on any atom is -0.481 e. The first-order chi connectivity index (χ1) is 12.7. The van der Waals surface area contributed by atoms with Gasteiger partial charge in [-0.1, -0.05) is 11.8 Å². The first kappa shape index (κ1) is 20.7. The average Bonchev–Trinajstić information content (AvgIpc) is 3.04. The van der Waals surface area contributed by atoms with Crippen molar-refractivity contribution in [2.45, 2.75) is 50.3 Å². The monoisotopic (exact) mass is 396 g/mol. The van der Waals surface area contributed by atoms with Gasteiger partial charge in [0.1, 0.15) is 11.6 Å². The fraction of sp³-hybridized carbons (Fsp3) is 0.412. The number of aromatic nitrogens is 2. The zero-order chi connectivity index (χ0) is 20.0. The maximum Gasteiger partial charge on any atom is 0.321 e. The second-order valence-corrected chi connectivity index (χ2v) is 7.29. The topological polar surface area (TPSA) is 106 Å². The standard InChI is InChI=1S/C17H21FN4O4S/c1-9(2)19-16(24)20-14(23)11(4)27-17-22-21-15(26-17)10(3)25-13-7-5-12(18)6-8-13/h5-11H,1-4H3,(H2,19,20,23,24)/t10-,11-/m0/s1. The van der Waals surface area contributed by atoms with E-state index in [2.05, 4.69) is 20.8 Å². The number of nitrogens with zero attached hydrogens (tertiary/aromatic N) is 2. The number of halogens is 1. The molecule has 3 amide bonds. The van der Waals surface area contributed by atoms with Gasteiger partial charge >= 0.3 is 6.03 Å². The van der Waals surface area contributed by atoms with Crippen LogP contribution in [0.25, 0.3) is 0 Å². The molecule has 2 rings (SSSR count). The summed E-state index contributed by atoms with van der Waals surface area (Å²) in [6, 6.07) is 4.91. The van der Waals surface area contributed by atoms with E-state index in [1.165, 1.54) is 24.3 Å². The Morgan fingerprint density at radius 2 is 1.81 bits per heavy atom. The van der Waals surface area contributed by atoms with Gasteiger partial charge in [0.05, 0.1) is 5.25 Å². The van der Waals surface area contributed by atoms with Crippen LogP contribution in [0.15, 0.2) is 33.9 Å². The quantitative estimate of drug-likeness (QED) is 0.693. The lowest BCUT2D eigenvalue weighted by molar-refractivity contribution is -0.119. The van der Waals surface area contributed by atoms with Gasteiger partial charge in [0.25, 0.3) is 11.1 Å². The zero-order valence-corrected chi connectivity index (χ0v) is 16.2. The van der Waals surface area contributed by atoms with Crippen LogP contribution >= 0.6 is 11.8 Å². The lowest BCUT2D eigenvalue weighted by atomic mass is 10.3. The normalized spacial score (nSPS) is 13.1. The molecule has 0 aliphatic carbocycles. The smallest absolute Gasteiger partial charge is 0.321 e. The number of carbonyl (C=O) groups is 2. The van der Waals surface area contributed by atoms with Crippen LogP contribution in [0.1, 0.15) is 39.7 Å². The number of hydrogen-bond acceptors (Lipinski definition) is 7. The molecule has 27 heavy (non-hydrogen) atoms. The van der Waals surface area contributed by atoms with Crippen molar-refractivity contribution in [3.63, 3.8) is 0 Å². The zero-order valence-electron chi connectivity index (χ0n) is 15.4. The fourth-order valence-electron chi connectivity index (χ4n) is 1.92. The van der Waals surface area contributed by atoms with E-state index in [1.807, 2.05) is 0 Å². The maximum absolute atomic E-state index is 12.9. The van der Waals surface area contributed by atoms with Gasteiger partial charge in [-0.25, -0.2) is 9.18 Å². The van der Waals surface area contributed by atoms with E-state index in [1.54, 1.807) is 27.7 Å². The van der Waals surface area contributed by atoms with Gasteiger partial charge in [-0.15, -0.1) is 10.2 Å². The number of carbonyl (C=O) groups excluding carboxylic acids is 2. The number of amides is 3. The highest BCUT2D eigenvalue weighted by molar-refractivity contribution is 8.00. The summed E-state index contributed by atoms with van der Waals surface area (Å²) in [6.45, 7) is 6.90. The van der Waals surface area contributed by atoms with Crippen LogP contribution in [0.4, 0.5) is 9.18 Å². The Hall–Kier alpha value is -2.62. The summed E-state index contributed by atoms with van der Waals surface area (Å²) < 4.78 is 24.0. The van der Waals surface area contributed by atoms with Gasteiger partial charge in [0.15, 0.2) is 6.10 Å². The van der Waals surface area contributed by atoms with E-state index in [9.17, 15) is 14.0 Å². The van der Waals surface area contributed by atoms with Gasteiger partial charge in [-0.05, 0) is 52.0 Å². The van der Waals surface area contributed by atoms with Crippen LogP contribution in [0, 0.1) is 5.82 Å². The number of thioether (sulfide) groups is 1. The van der Waals surface area contributed by atoms with E-state index in [4.69, 9.17) is 9.15 Å². The molecule has 1 heterocycles. The van der Waals surface area contributed by atoms with E-state index in [-0.39, 0.29) is 23.0 Å². The largest absolute Gasteiger partial charge is 0.481 e. The molecule has 0 radical (unpaired) electrons.